The molecule has 1 aliphatic rings. The molecule has 0 bridgehead atoms. The molecule has 1 fully saturated rings. The van der Waals surface area contributed by atoms with Crippen LogP contribution < -0.4 is 0 Å². The number of amides is 1. The van der Waals surface area contributed by atoms with E-state index < -0.39 is 0 Å². The summed E-state index contributed by atoms with van der Waals surface area (Å²) in [6.45, 7) is 11.1. The van der Waals surface area contributed by atoms with Crippen molar-refractivity contribution in [1.29, 1.82) is 0 Å². The molecule has 1 amide bonds. The Morgan fingerprint density at radius 1 is 1.08 bits per heavy atom. The van der Waals surface area contributed by atoms with Crippen molar-refractivity contribution in [3.05, 3.63) is 34.9 Å². The maximum absolute atomic E-state index is 12.6. The lowest BCUT2D eigenvalue weighted by atomic mass is 10.2. The molecule has 0 N–H and O–H groups in total. The summed E-state index contributed by atoms with van der Waals surface area (Å²) in [5.41, 5.74) is 3.89. The SMILES string of the molecule is CCn1cc(CN2CCN(C(=O)c3cn(C)nc3C)CC2)c(C)n1. The fourth-order valence-corrected chi connectivity index (χ4v) is 3.21. The van der Waals surface area contributed by atoms with E-state index in [-0.39, 0.29) is 5.91 Å². The Morgan fingerprint density at radius 2 is 1.79 bits per heavy atom. The Morgan fingerprint density at radius 3 is 2.33 bits per heavy atom. The highest BCUT2D eigenvalue weighted by Crippen LogP contribution is 2.15. The van der Waals surface area contributed by atoms with E-state index in [0.29, 0.717) is 5.56 Å². The molecule has 0 radical (unpaired) electrons. The Hall–Kier alpha value is -2.15. The molecule has 3 heterocycles. The molecule has 2 aromatic heterocycles. The van der Waals surface area contributed by atoms with Crippen molar-refractivity contribution in [3.8, 4) is 0 Å². The van der Waals surface area contributed by atoms with Crippen LogP contribution in [0.3, 0.4) is 0 Å². The van der Waals surface area contributed by atoms with Crippen LogP contribution in [0.4, 0.5) is 0 Å². The molecule has 0 aromatic carbocycles. The number of aryl methyl sites for hydroxylation is 4. The number of piperazine rings is 1. The normalized spacial score (nSPS) is 15.9. The third-order valence-corrected chi connectivity index (χ3v) is 4.67. The third kappa shape index (κ3) is 3.36. The van der Waals surface area contributed by atoms with Gasteiger partial charge in [0.1, 0.15) is 0 Å². The van der Waals surface area contributed by atoms with Crippen LogP contribution in [0.15, 0.2) is 12.4 Å². The highest BCUT2D eigenvalue weighted by molar-refractivity contribution is 5.95. The predicted octanol–water partition coefficient (Wildman–Crippen LogP) is 1.21. The van der Waals surface area contributed by atoms with Gasteiger partial charge in [0.15, 0.2) is 0 Å². The van der Waals surface area contributed by atoms with Gasteiger partial charge in [-0.05, 0) is 20.8 Å². The predicted molar refractivity (Wildman–Crippen MR) is 91.8 cm³/mol. The fourth-order valence-electron chi connectivity index (χ4n) is 3.21. The summed E-state index contributed by atoms with van der Waals surface area (Å²) in [5, 5.41) is 8.77. The van der Waals surface area contributed by atoms with Crippen LogP contribution in [0.2, 0.25) is 0 Å². The number of rotatable bonds is 4. The summed E-state index contributed by atoms with van der Waals surface area (Å²) in [6, 6.07) is 0. The molecule has 1 aliphatic heterocycles. The van der Waals surface area contributed by atoms with E-state index in [9.17, 15) is 4.79 Å². The van der Waals surface area contributed by atoms with Gasteiger partial charge in [-0.25, -0.2) is 0 Å². The van der Waals surface area contributed by atoms with Crippen molar-refractivity contribution >= 4 is 5.91 Å². The van der Waals surface area contributed by atoms with Crippen LogP contribution >= 0.6 is 0 Å². The van der Waals surface area contributed by atoms with Crippen LogP contribution in [0, 0.1) is 13.8 Å². The summed E-state index contributed by atoms with van der Waals surface area (Å²) in [7, 11) is 1.85. The first kappa shape index (κ1) is 16.7. The van der Waals surface area contributed by atoms with Gasteiger partial charge in [0, 0.05) is 64.3 Å². The maximum Gasteiger partial charge on any atom is 0.257 e. The maximum atomic E-state index is 12.6. The van der Waals surface area contributed by atoms with Crippen molar-refractivity contribution in [1.82, 2.24) is 29.4 Å². The zero-order valence-corrected chi connectivity index (χ0v) is 15.0. The first-order valence-corrected chi connectivity index (χ1v) is 8.52. The average Bonchev–Trinajstić information content (AvgIpc) is 3.09. The minimum absolute atomic E-state index is 0.0928. The lowest BCUT2D eigenvalue weighted by Gasteiger charge is -2.34. The van der Waals surface area contributed by atoms with Gasteiger partial charge >= 0.3 is 0 Å². The lowest BCUT2D eigenvalue weighted by molar-refractivity contribution is 0.0627. The number of hydrogen-bond acceptors (Lipinski definition) is 4. The van der Waals surface area contributed by atoms with Gasteiger partial charge in [-0.15, -0.1) is 0 Å². The van der Waals surface area contributed by atoms with Gasteiger partial charge in [0.25, 0.3) is 5.91 Å². The molecule has 24 heavy (non-hydrogen) atoms. The molecule has 0 saturated carbocycles. The number of carbonyl (C=O) groups is 1. The molecule has 0 unspecified atom stereocenters. The number of carbonyl (C=O) groups excluding carboxylic acids is 1. The summed E-state index contributed by atoms with van der Waals surface area (Å²) in [5.74, 6) is 0.0928. The first-order valence-electron chi connectivity index (χ1n) is 8.52. The van der Waals surface area contributed by atoms with Crippen molar-refractivity contribution in [3.63, 3.8) is 0 Å². The molecule has 1 saturated heterocycles. The van der Waals surface area contributed by atoms with Gasteiger partial charge in [0.2, 0.25) is 0 Å². The smallest absolute Gasteiger partial charge is 0.257 e. The molecule has 7 nitrogen and oxygen atoms in total. The van der Waals surface area contributed by atoms with Gasteiger partial charge < -0.3 is 4.90 Å². The van der Waals surface area contributed by atoms with Crippen LogP contribution in [-0.4, -0.2) is 61.4 Å². The van der Waals surface area contributed by atoms with Crippen LogP contribution in [-0.2, 0) is 20.1 Å². The fraction of sp³-hybridized carbons (Fsp3) is 0.588. The molecule has 0 atom stereocenters. The lowest BCUT2D eigenvalue weighted by Crippen LogP contribution is -2.48. The highest BCUT2D eigenvalue weighted by atomic mass is 16.2. The highest BCUT2D eigenvalue weighted by Gasteiger charge is 2.24. The van der Waals surface area contributed by atoms with Gasteiger partial charge in [-0.3, -0.25) is 19.1 Å². The second kappa shape index (κ2) is 6.76. The molecular weight excluding hydrogens is 304 g/mol. The van der Waals surface area contributed by atoms with E-state index in [1.165, 1.54) is 5.56 Å². The van der Waals surface area contributed by atoms with E-state index in [1.807, 2.05) is 29.7 Å². The molecule has 0 spiro atoms. The summed E-state index contributed by atoms with van der Waals surface area (Å²) in [6.07, 6.45) is 3.94. The first-order chi connectivity index (χ1) is 11.5. The zero-order chi connectivity index (χ0) is 17.3. The van der Waals surface area contributed by atoms with Crippen LogP contribution in [0.5, 0.6) is 0 Å². The molecule has 2 aromatic rings. The Kier molecular flexibility index (Phi) is 4.71. The van der Waals surface area contributed by atoms with Gasteiger partial charge in [0.05, 0.1) is 17.0 Å². The van der Waals surface area contributed by atoms with E-state index >= 15 is 0 Å². The summed E-state index contributed by atoms with van der Waals surface area (Å²) < 4.78 is 3.68. The van der Waals surface area contributed by atoms with E-state index in [0.717, 1.165) is 50.7 Å². The average molecular weight is 330 g/mol. The summed E-state index contributed by atoms with van der Waals surface area (Å²) >= 11 is 0. The number of nitrogens with zero attached hydrogens (tertiary/aromatic N) is 6. The number of hydrogen-bond donors (Lipinski definition) is 0. The largest absolute Gasteiger partial charge is 0.336 e. The van der Waals surface area contributed by atoms with Crippen LogP contribution in [0.25, 0.3) is 0 Å². The Bertz CT molecular complexity index is 724. The zero-order valence-electron chi connectivity index (χ0n) is 15.0. The van der Waals surface area contributed by atoms with E-state index in [4.69, 9.17) is 0 Å². The molecule has 3 rings (SSSR count). The molecule has 7 heteroatoms. The molecular formula is C17H26N6O. The van der Waals surface area contributed by atoms with Gasteiger partial charge in [-0.1, -0.05) is 0 Å². The van der Waals surface area contributed by atoms with E-state index in [1.54, 1.807) is 4.68 Å². The minimum Gasteiger partial charge on any atom is -0.336 e. The van der Waals surface area contributed by atoms with Crippen molar-refractivity contribution in [2.45, 2.75) is 33.9 Å². The second-order valence-corrected chi connectivity index (χ2v) is 6.47. The Balaban J connectivity index is 1.58. The van der Waals surface area contributed by atoms with Crippen molar-refractivity contribution < 1.29 is 4.79 Å². The van der Waals surface area contributed by atoms with Crippen molar-refractivity contribution in [2.75, 3.05) is 26.2 Å². The Labute approximate surface area is 142 Å². The minimum atomic E-state index is 0.0928. The molecule has 130 valence electrons. The second-order valence-electron chi connectivity index (χ2n) is 6.47. The van der Waals surface area contributed by atoms with Gasteiger partial charge in [-0.2, -0.15) is 10.2 Å². The topological polar surface area (TPSA) is 59.2 Å². The number of aromatic nitrogens is 4. The standard InChI is InChI=1S/C17H26N6O/c1-5-23-11-15(13(2)19-23)10-21-6-8-22(9-7-21)17(24)16-12-20(4)18-14(16)3/h11-12H,5-10H2,1-4H3. The van der Waals surface area contributed by atoms with Crippen LogP contribution in [0.1, 0.15) is 34.2 Å². The summed E-state index contributed by atoms with van der Waals surface area (Å²) in [4.78, 5) is 17.0. The monoisotopic (exact) mass is 330 g/mol. The van der Waals surface area contributed by atoms with E-state index in [2.05, 4.69) is 35.1 Å². The quantitative estimate of drug-likeness (QED) is 0.845. The van der Waals surface area contributed by atoms with Crippen molar-refractivity contribution in [2.24, 2.45) is 7.05 Å². The third-order valence-electron chi connectivity index (χ3n) is 4.67. The molecule has 0 aliphatic carbocycles.